The van der Waals surface area contributed by atoms with Crippen LogP contribution in [0.25, 0.3) is 0 Å². The van der Waals surface area contributed by atoms with Gasteiger partial charge in [-0.2, -0.15) is 0 Å². The Kier molecular flexibility index (Phi) is 2.18. The van der Waals surface area contributed by atoms with Crippen molar-refractivity contribution >= 4 is 11.3 Å². The summed E-state index contributed by atoms with van der Waals surface area (Å²) in [5, 5.41) is 2.15. The maximum Gasteiger partial charge on any atom is 0.0514 e. The Morgan fingerprint density at radius 1 is 1.13 bits per heavy atom. The van der Waals surface area contributed by atoms with Crippen LogP contribution in [0.5, 0.6) is 0 Å². The highest BCUT2D eigenvalue weighted by atomic mass is 32.1. The summed E-state index contributed by atoms with van der Waals surface area (Å²) in [6.07, 6.45) is 9.63. The molecule has 0 atom stereocenters. The van der Waals surface area contributed by atoms with E-state index in [2.05, 4.69) is 17.5 Å². The van der Waals surface area contributed by atoms with Gasteiger partial charge in [0.2, 0.25) is 0 Å². The van der Waals surface area contributed by atoms with Gasteiger partial charge in [-0.25, -0.2) is 0 Å². The summed E-state index contributed by atoms with van der Waals surface area (Å²) in [7, 11) is 0. The Labute approximate surface area is 95.7 Å². The highest BCUT2D eigenvalue weighted by molar-refractivity contribution is 7.10. The number of rotatable bonds is 1. The van der Waals surface area contributed by atoms with Crippen LogP contribution in [-0.4, -0.2) is 0 Å². The van der Waals surface area contributed by atoms with E-state index in [-0.39, 0.29) is 5.54 Å². The number of thiophene rings is 1. The van der Waals surface area contributed by atoms with Crippen LogP contribution < -0.4 is 5.73 Å². The standard InChI is InChI=1S/C13H19NS/c14-13(11-5-4-8-15-11)9-12(10-13)6-2-1-3-7-12/h4-5,8H,1-3,6-7,9-10,14H2. The van der Waals surface area contributed by atoms with Crippen molar-refractivity contribution in [3.63, 3.8) is 0 Å². The fourth-order valence-corrected chi connectivity index (χ4v) is 4.52. The van der Waals surface area contributed by atoms with Crippen LogP contribution >= 0.6 is 11.3 Å². The van der Waals surface area contributed by atoms with Crippen molar-refractivity contribution < 1.29 is 0 Å². The molecule has 2 aliphatic rings. The summed E-state index contributed by atoms with van der Waals surface area (Å²) in [5.41, 5.74) is 7.15. The summed E-state index contributed by atoms with van der Waals surface area (Å²) < 4.78 is 0. The van der Waals surface area contributed by atoms with E-state index in [1.54, 1.807) is 0 Å². The molecule has 2 heteroatoms. The van der Waals surface area contributed by atoms with Crippen molar-refractivity contribution in [2.45, 2.75) is 50.5 Å². The minimum absolute atomic E-state index is 0.0332. The van der Waals surface area contributed by atoms with Gasteiger partial charge in [-0.15, -0.1) is 11.3 Å². The zero-order valence-corrected chi connectivity index (χ0v) is 9.98. The Morgan fingerprint density at radius 3 is 2.47 bits per heavy atom. The van der Waals surface area contributed by atoms with Gasteiger partial charge in [0, 0.05) is 4.88 Å². The first-order valence-corrected chi connectivity index (χ1v) is 6.93. The molecule has 15 heavy (non-hydrogen) atoms. The quantitative estimate of drug-likeness (QED) is 0.769. The Balaban J connectivity index is 1.74. The topological polar surface area (TPSA) is 26.0 Å². The van der Waals surface area contributed by atoms with Crippen LogP contribution in [0.4, 0.5) is 0 Å². The molecule has 2 N–H and O–H groups in total. The Morgan fingerprint density at radius 2 is 1.87 bits per heavy atom. The lowest BCUT2D eigenvalue weighted by Crippen LogP contribution is -2.55. The van der Waals surface area contributed by atoms with E-state index in [0.29, 0.717) is 5.41 Å². The van der Waals surface area contributed by atoms with Gasteiger partial charge in [-0.05, 0) is 42.5 Å². The maximum atomic E-state index is 6.48. The van der Waals surface area contributed by atoms with Crippen LogP contribution in [0, 0.1) is 5.41 Å². The molecule has 0 aliphatic heterocycles. The largest absolute Gasteiger partial charge is 0.321 e. The van der Waals surface area contributed by atoms with Crippen molar-refractivity contribution in [2.24, 2.45) is 11.1 Å². The molecule has 0 aromatic carbocycles. The van der Waals surface area contributed by atoms with Gasteiger partial charge in [0.15, 0.2) is 0 Å². The van der Waals surface area contributed by atoms with Gasteiger partial charge < -0.3 is 5.73 Å². The summed E-state index contributed by atoms with van der Waals surface area (Å²) >= 11 is 1.83. The van der Waals surface area contributed by atoms with E-state index in [1.807, 2.05) is 11.3 Å². The van der Waals surface area contributed by atoms with Gasteiger partial charge >= 0.3 is 0 Å². The summed E-state index contributed by atoms with van der Waals surface area (Å²) in [6, 6.07) is 4.33. The molecule has 1 aromatic heterocycles. The van der Waals surface area contributed by atoms with E-state index in [0.717, 1.165) is 0 Å². The molecular formula is C13H19NS. The normalized spacial score (nSPS) is 27.5. The predicted octanol–water partition coefficient (Wildman–Crippen LogP) is 3.65. The Hall–Kier alpha value is -0.340. The molecule has 0 bridgehead atoms. The maximum absolute atomic E-state index is 6.48. The Bertz CT molecular complexity index is 327. The molecule has 2 saturated carbocycles. The van der Waals surface area contributed by atoms with E-state index in [4.69, 9.17) is 5.73 Å². The first kappa shape index (κ1) is 9.86. The van der Waals surface area contributed by atoms with E-state index >= 15 is 0 Å². The van der Waals surface area contributed by atoms with Crippen molar-refractivity contribution in [3.05, 3.63) is 22.4 Å². The van der Waals surface area contributed by atoms with E-state index in [1.165, 1.54) is 49.8 Å². The lowest BCUT2D eigenvalue weighted by molar-refractivity contribution is -0.00797. The lowest BCUT2D eigenvalue weighted by atomic mass is 9.52. The number of nitrogens with two attached hydrogens (primary N) is 1. The summed E-state index contributed by atoms with van der Waals surface area (Å²) in [5.74, 6) is 0. The molecule has 1 nitrogen and oxygen atoms in total. The predicted molar refractivity (Wildman–Crippen MR) is 64.9 cm³/mol. The molecule has 0 radical (unpaired) electrons. The van der Waals surface area contributed by atoms with Crippen molar-refractivity contribution in [2.75, 3.05) is 0 Å². The second-order valence-corrected chi connectivity index (χ2v) is 6.50. The fraction of sp³-hybridized carbons (Fsp3) is 0.692. The van der Waals surface area contributed by atoms with Crippen LogP contribution in [0.2, 0.25) is 0 Å². The zero-order chi connectivity index (χ0) is 10.4. The van der Waals surface area contributed by atoms with Gasteiger partial charge in [-0.1, -0.05) is 25.3 Å². The lowest BCUT2D eigenvalue weighted by Gasteiger charge is -2.56. The van der Waals surface area contributed by atoms with Crippen molar-refractivity contribution in [1.29, 1.82) is 0 Å². The molecule has 0 unspecified atom stereocenters. The molecule has 1 heterocycles. The zero-order valence-electron chi connectivity index (χ0n) is 9.17. The van der Waals surface area contributed by atoms with Crippen LogP contribution in [0.3, 0.4) is 0 Å². The second kappa shape index (κ2) is 3.33. The molecule has 82 valence electrons. The monoisotopic (exact) mass is 221 g/mol. The van der Waals surface area contributed by atoms with Gasteiger partial charge in [0.1, 0.15) is 0 Å². The van der Waals surface area contributed by atoms with E-state index in [9.17, 15) is 0 Å². The molecule has 0 amide bonds. The van der Waals surface area contributed by atoms with Crippen molar-refractivity contribution in [1.82, 2.24) is 0 Å². The minimum atomic E-state index is 0.0332. The first-order valence-electron chi connectivity index (χ1n) is 6.06. The molecule has 0 saturated heterocycles. The molecule has 1 spiro atoms. The van der Waals surface area contributed by atoms with Gasteiger partial charge in [0.05, 0.1) is 5.54 Å². The highest BCUT2D eigenvalue weighted by Crippen LogP contribution is 2.59. The molecule has 2 fully saturated rings. The SMILES string of the molecule is NC1(c2cccs2)CC2(CCCCC2)C1. The highest BCUT2D eigenvalue weighted by Gasteiger charge is 2.53. The van der Waals surface area contributed by atoms with Gasteiger partial charge in [0.25, 0.3) is 0 Å². The van der Waals surface area contributed by atoms with Crippen LogP contribution in [0.1, 0.15) is 49.8 Å². The summed E-state index contributed by atoms with van der Waals surface area (Å²) in [4.78, 5) is 1.40. The van der Waals surface area contributed by atoms with Crippen molar-refractivity contribution in [3.8, 4) is 0 Å². The van der Waals surface area contributed by atoms with Crippen LogP contribution in [0.15, 0.2) is 17.5 Å². The second-order valence-electron chi connectivity index (χ2n) is 5.55. The van der Waals surface area contributed by atoms with Gasteiger partial charge in [-0.3, -0.25) is 0 Å². The molecular weight excluding hydrogens is 202 g/mol. The summed E-state index contributed by atoms with van der Waals surface area (Å²) in [6.45, 7) is 0. The fourth-order valence-electron chi connectivity index (χ4n) is 3.68. The first-order chi connectivity index (χ1) is 7.23. The smallest absolute Gasteiger partial charge is 0.0514 e. The number of hydrogen-bond acceptors (Lipinski definition) is 2. The van der Waals surface area contributed by atoms with Crippen LogP contribution in [-0.2, 0) is 5.54 Å². The third kappa shape index (κ3) is 1.55. The minimum Gasteiger partial charge on any atom is -0.321 e. The molecule has 1 aromatic rings. The third-order valence-electron chi connectivity index (χ3n) is 4.31. The third-order valence-corrected chi connectivity index (χ3v) is 5.40. The average Bonchev–Trinajstić information content (AvgIpc) is 2.70. The average molecular weight is 221 g/mol. The molecule has 2 aliphatic carbocycles. The number of hydrogen-bond donors (Lipinski definition) is 1. The molecule has 3 rings (SSSR count). The van der Waals surface area contributed by atoms with E-state index < -0.39 is 0 Å².